The van der Waals surface area contributed by atoms with Gasteiger partial charge in [-0.2, -0.15) is 0 Å². The summed E-state index contributed by atoms with van der Waals surface area (Å²) in [5.74, 6) is -0.417. The van der Waals surface area contributed by atoms with E-state index in [1.54, 1.807) is 0 Å². The van der Waals surface area contributed by atoms with Crippen molar-refractivity contribution in [3.63, 3.8) is 0 Å². The summed E-state index contributed by atoms with van der Waals surface area (Å²) in [6.45, 7) is 3.96. The van der Waals surface area contributed by atoms with Gasteiger partial charge in [0.05, 0.1) is 37.9 Å². The summed E-state index contributed by atoms with van der Waals surface area (Å²) in [4.78, 5) is 22.5. The van der Waals surface area contributed by atoms with Crippen LogP contribution in [-0.4, -0.2) is 59.0 Å². The van der Waals surface area contributed by atoms with Gasteiger partial charge < -0.3 is 26.2 Å². The number of carbonyl (C=O) groups excluding carboxylic acids is 1. The lowest BCUT2D eigenvalue weighted by Crippen LogP contribution is -2.47. The minimum atomic E-state index is -4.35. The Morgan fingerprint density at radius 2 is 1.17 bits per heavy atom. The molecule has 0 aromatic heterocycles. The van der Waals surface area contributed by atoms with Crippen LogP contribution in [0.25, 0.3) is 0 Å². The van der Waals surface area contributed by atoms with Crippen LogP contribution in [0.1, 0.15) is 155 Å². The maximum absolute atomic E-state index is 12.6. The highest BCUT2D eigenvalue weighted by molar-refractivity contribution is 7.47. The second-order valence-corrected chi connectivity index (χ2v) is 13.0. The van der Waals surface area contributed by atoms with Gasteiger partial charge in [0.25, 0.3) is 0 Å². The number of hydrogen-bond donors (Lipinski definition) is 5. The molecule has 0 spiro atoms. The predicted octanol–water partition coefficient (Wildman–Crippen LogP) is 6.91. The molecule has 10 heteroatoms. The van der Waals surface area contributed by atoms with Crippen molar-refractivity contribution in [1.82, 2.24) is 5.32 Å². The van der Waals surface area contributed by atoms with E-state index < -0.39 is 32.0 Å². The van der Waals surface area contributed by atoms with E-state index in [1.165, 1.54) is 77.0 Å². The molecule has 0 rings (SSSR count). The van der Waals surface area contributed by atoms with Crippen molar-refractivity contribution in [2.75, 3.05) is 19.8 Å². The first kappa shape index (κ1) is 40.5. The zero-order valence-corrected chi connectivity index (χ0v) is 27.3. The Morgan fingerprint density at radius 1 is 0.732 bits per heavy atom. The van der Waals surface area contributed by atoms with Gasteiger partial charge in [0, 0.05) is 6.54 Å². The van der Waals surface area contributed by atoms with Crippen LogP contribution < -0.4 is 11.1 Å². The summed E-state index contributed by atoms with van der Waals surface area (Å²) >= 11 is 0. The van der Waals surface area contributed by atoms with Gasteiger partial charge >= 0.3 is 7.82 Å². The summed E-state index contributed by atoms with van der Waals surface area (Å²) < 4.78 is 21.9. The largest absolute Gasteiger partial charge is 0.472 e. The van der Waals surface area contributed by atoms with E-state index in [0.717, 1.165) is 44.9 Å². The van der Waals surface area contributed by atoms with E-state index in [2.05, 4.69) is 19.2 Å². The molecule has 0 aliphatic heterocycles. The summed E-state index contributed by atoms with van der Waals surface area (Å²) in [7, 11) is -4.35. The van der Waals surface area contributed by atoms with E-state index >= 15 is 0 Å². The molecule has 4 atom stereocenters. The lowest BCUT2D eigenvalue weighted by Gasteiger charge is -2.25. The van der Waals surface area contributed by atoms with E-state index in [-0.39, 0.29) is 26.2 Å². The highest BCUT2D eigenvalue weighted by Gasteiger charge is 2.28. The van der Waals surface area contributed by atoms with Gasteiger partial charge in [-0.1, -0.05) is 136 Å². The van der Waals surface area contributed by atoms with Gasteiger partial charge in [0.2, 0.25) is 5.91 Å². The first-order valence-corrected chi connectivity index (χ1v) is 18.2. The molecule has 0 aromatic rings. The zero-order chi connectivity index (χ0) is 30.6. The minimum absolute atomic E-state index is 0.0615. The topological polar surface area (TPSA) is 151 Å². The van der Waals surface area contributed by atoms with Crippen molar-refractivity contribution in [1.29, 1.82) is 0 Å². The number of phosphoric acid groups is 1. The first-order chi connectivity index (χ1) is 19.8. The van der Waals surface area contributed by atoms with Gasteiger partial charge in [-0.3, -0.25) is 13.8 Å². The molecular formula is C31H65N2O7P. The lowest BCUT2D eigenvalue weighted by atomic mass is 10.0. The summed E-state index contributed by atoms with van der Waals surface area (Å²) in [6.07, 6.45) is 21.7. The van der Waals surface area contributed by atoms with Crippen LogP contribution >= 0.6 is 7.82 Å². The van der Waals surface area contributed by atoms with Crippen molar-refractivity contribution < 1.29 is 33.5 Å². The van der Waals surface area contributed by atoms with Crippen molar-refractivity contribution in [3.8, 4) is 0 Å². The summed E-state index contributed by atoms with van der Waals surface area (Å²) in [6, 6.07) is -0.886. The molecular weight excluding hydrogens is 543 g/mol. The number of aliphatic hydroxyl groups is 2. The van der Waals surface area contributed by atoms with Crippen molar-refractivity contribution >= 4 is 13.7 Å². The third kappa shape index (κ3) is 26.8. The second-order valence-electron chi connectivity index (χ2n) is 11.6. The predicted molar refractivity (Wildman–Crippen MR) is 168 cm³/mol. The van der Waals surface area contributed by atoms with E-state index in [1.807, 2.05) is 0 Å². The van der Waals surface area contributed by atoms with E-state index in [0.29, 0.717) is 12.8 Å². The monoisotopic (exact) mass is 608 g/mol. The fourth-order valence-corrected chi connectivity index (χ4v) is 5.70. The van der Waals surface area contributed by atoms with Crippen LogP contribution in [0.3, 0.4) is 0 Å². The van der Waals surface area contributed by atoms with Crippen LogP contribution in [0, 0.1) is 0 Å². The Balaban J connectivity index is 4.37. The average Bonchev–Trinajstić information content (AvgIpc) is 2.94. The van der Waals surface area contributed by atoms with Gasteiger partial charge in [-0.05, 0) is 12.8 Å². The number of unbranched alkanes of at least 4 members (excludes halogenated alkanes) is 17. The quantitative estimate of drug-likeness (QED) is 0.0421. The lowest BCUT2D eigenvalue weighted by molar-refractivity contribution is -0.125. The molecule has 4 unspecified atom stereocenters. The molecule has 1 amide bonds. The molecule has 0 heterocycles. The molecule has 41 heavy (non-hydrogen) atoms. The standard InChI is InChI=1S/C31H65N2O7P/c1-3-5-7-9-11-12-13-14-15-17-18-20-22-28(34)26-31(36)33-29(27-40-41(37,38)39-25-24-32)30(35)23-21-19-16-10-8-6-4-2/h28-30,34-35H,3-27,32H2,1-2H3,(H,33,36)(H,37,38). The maximum atomic E-state index is 12.6. The molecule has 0 saturated carbocycles. The van der Waals surface area contributed by atoms with Crippen molar-refractivity contribution in [2.24, 2.45) is 5.73 Å². The molecule has 0 fully saturated rings. The number of phosphoric ester groups is 1. The first-order valence-electron chi connectivity index (χ1n) is 16.7. The van der Waals surface area contributed by atoms with Gasteiger partial charge in [-0.25, -0.2) is 4.57 Å². The molecule has 246 valence electrons. The Bertz CT molecular complexity index is 642. The number of carbonyl (C=O) groups is 1. The SMILES string of the molecule is CCCCCCCCCCCCCCC(O)CC(=O)NC(COP(=O)(O)OCCN)C(O)CCCCCCCCC. The molecule has 6 N–H and O–H groups in total. The Labute approximate surface area is 251 Å². The smallest absolute Gasteiger partial charge is 0.393 e. The zero-order valence-electron chi connectivity index (χ0n) is 26.4. The van der Waals surface area contributed by atoms with E-state index in [9.17, 15) is 24.5 Å². The molecule has 0 bridgehead atoms. The van der Waals surface area contributed by atoms with Crippen molar-refractivity contribution in [2.45, 2.75) is 173 Å². The van der Waals surface area contributed by atoms with Crippen LogP contribution in [0.15, 0.2) is 0 Å². The summed E-state index contributed by atoms with van der Waals surface area (Å²) in [5.41, 5.74) is 5.32. The molecule has 0 aliphatic carbocycles. The normalized spacial score (nSPS) is 15.4. The molecule has 0 aliphatic rings. The maximum Gasteiger partial charge on any atom is 0.472 e. The van der Waals surface area contributed by atoms with Gasteiger partial charge in [-0.15, -0.1) is 0 Å². The van der Waals surface area contributed by atoms with Crippen molar-refractivity contribution in [3.05, 3.63) is 0 Å². The molecule has 0 aromatic carbocycles. The fraction of sp³-hybridized carbons (Fsp3) is 0.968. The number of aliphatic hydroxyl groups excluding tert-OH is 2. The third-order valence-corrected chi connectivity index (χ3v) is 8.50. The Morgan fingerprint density at radius 3 is 1.63 bits per heavy atom. The van der Waals surface area contributed by atoms with Crippen LogP contribution in [0.2, 0.25) is 0 Å². The third-order valence-electron chi connectivity index (χ3n) is 7.52. The fourth-order valence-electron chi connectivity index (χ4n) is 4.94. The highest BCUT2D eigenvalue weighted by Crippen LogP contribution is 2.43. The number of hydrogen-bond acceptors (Lipinski definition) is 7. The highest BCUT2D eigenvalue weighted by atomic mass is 31.2. The van der Waals surface area contributed by atoms with Gasteiger partial charge in [0.15, 0.2) is 0 Å². The minimum Gasteiger partial charge on any atom is -0.393 e. The van der Waals surface area contributed by atoms with Crippen LogP contribution in [-0.2, 0) is 18.4 Å². The van der Waals surface area contributed by atoms with Gasteiger partial charge in [0.1, 0.15) is 0 Å². The molecule has 0 radical (unpaired) electrons. The van der Waals surface area contributed by atoms with Crippen LogP contribution in [0.4, 0.5) is 0 Å². The number of amides is 1. The average molecular weight is 609 g/mol. The Kier molecular flexibility index (Phi) is 27.9. The number of nitrogens with two attached hydrogens (primary N) is 1. The van der Waals surface area contributed by atoms with Crippen LogP contribution in [0.5, 0.6) is 0 Å². The molecule has 0 saturated heterocycles. The number of nitrogens with one attached hydrogen (secondary N) is 1. The summed E-state index contributed by atoms with van der Waals surface area (Å²) in [5, 5.41) is 23.8. The number of rotatable bonds is 31. The molecule has 9 nitrogen and oxygen atoms in total. The Hall–Kier alpha value is -0.540. The second kappa shape index (κ2) is 28.2. The van der Waals surface area contributed by atoms with E-state index in [4.69, 9.17) is 14.8 Å².